The highest BCUT2D eigenvalue weighted by Gasteiger charge is 2.43. The molecule has 0 spiro atoms. The third-order valence-electron chi connectivity index (χ3n) is 4.50. The second-order valence-electron chi connectivity index (χ2n) is 5.99. The molecule has 1 aromatic rings. The topological polar surface area (TPSA) is 49.4 Å². The summed E-state index contributed by atoms with van der Waals surface area (Å²) in [6.45, 7) is 4.71. The Labute approximate surface area is 119 Å². The van der Waals surface area contributed by atoms with Crippen LogP contribution in [0.2, 0.25) is 0 Å². The molecule has 3 rings (SSSR count). The Morgan fingerprint density at radius 3 is 2.45 bits per heavy atom. The van der Waals surface area contributed by atoms with Gasteiger partial charge in [-0.15, -0.1) is 0 Å². The van der Waals surface area contributed by atoms with E-state index in [1.165, 1.54) is 0 Å². The van der Waals surface area contributed by atoms with Crippen LogP contribution in [0.4, 0.5) is 0 Å². The van der Waals surface area contributed by atoms with Gasteiger partial charge in [-0.1, -0.05) is 37.3 Å². The number of nitrogens with zero attached hydrogens (tertiary/aromatic N) is 1. The molecule has 1 saturated heterocycles. The van der Waals surface area contributed by atoms with Gasteiger partial charge in [0.05, 0.1) is 0 Å². The summed E-state index contributed by atoms with van der Waals surface area (Å²) in [4.78, 5) is 26.5. The van der Waals surface area contributed by atoms with Crippen molar-refractivity contribution in [3.8, 4) is 0 Å². The molecule has 106 valence electrons. The van der Waals surface area contributed by atoms with Crippen LogP contribution in [0, 0.1) is 11.8 Å². The van der Waals surface area contributed by atoms with Crippen LogP contribution in [0.5, 0.6) is 0 Å². The van der Waals surface area contributed by atoms with Gasteiger partial charge in [-0.05, 0) is 30.7 Å². The van der Waals surface area contributed by atoms with Crippen molar-refractivity contribution in [2.75, 3.05) is 6.54 Å². The average molecular weight is 272 g/mol. The molecular formula is C16H20N2O2. The highest BCUT2D eigenvalue weighted by molar-refractivity contribution is 5.97. The number of benzene rings is 1. The maximum atomic E-state index is 12.7. The Balaban J connectivity index is 1.82. The van der Waals surface area contributed by atoms with Crippen molar-refractivity contribution in [1.29, 1.82) is 0 Å². The van der Waals surface area contributed by atoms with Gasteiger partial charge in [-0.3, -0.25) is 9.59 Å². The molecule has 4 unspecified atom stereocenters. The molecule has 4 nitrogen and oxygen atoms in total. The summed E-state index contributed by atoms with van der Waals surface area (Å²) in [6, 6.07) is 8.56. The monoisotopic (exact) mass is 272 g/mol. The summed E-state index contributed by atoms with van der Waals surface area (Å²) >= 11 is 0. The number of nitrogens with one attached hydrogen (secondary N) is 1. The van der Waals surface area contributed by atoms with Gasteiger partial charge < -0.3 is 10.2 Å². The SMILES string of the molecule is CC1CC1CN1C(=O)C(c2ccccc2)NC(=O)C1C. The quantitative estimate of drug-likeness (QED) is 0.911. The molecule has 20 heavy (non-hydrogen) atoms. The number of amides is 2. The predicted octanol–water partition coefficient (Wildman–Crippen LogP) is 1.73. The number of rotatable bonds is 3. The molecule has 4 atom stereocenters. The van der Waals surface area contributed by atoms with Crippen LogP contribution in [-0.2, 0) is 9.59 Å². The minimum Gasteiger partial charge on any atom is -0.339 e. The third-order valence-corrected chi connectivity index (χ3v) is 4.50. The van der Waals surface area contributed by atoms with Crippen molar-refractivity contribution in [2.45, 2.75) is 32.4 Å². The van der Waals surface area contributed by atoms with Gasteiger partial charge in [-0.2, -0.15) is 0 Å². The smallest absolute Gasteiger partial charge is 0.250 e. The molecule has 1 saturated carbocycles. The van der Waals surface area contributed by atoms with E-state index in [-0.39, 0.29) is 17.9 Å². The third kappa shape index (κ3) is 2.30. The Hall–Kier alpha value is -1.84. The zero-order chi connectivity index (χ0) is 14.3. The maximum Gasteiger partial charge on any atom is 0.250 e. The lowest BCUT2D eigenvalue weighted by Gasteiger charge is -2.37. The van der Waals surface area contributed by atoms with Crippen molar-refractivity contribution in [3.05, 3.63) is 35.9 Å². The lowest BCUT2D eigenvalue weighted by atomic mass is 10.0. The summed E-state index contributed by atoms with van der Waals surface area (Å²) < 4.78 is 0. The van der Waals surface area contributed by atoms with Crippen LogP contribution >= 0.6 is 0 Å². The van der Waals surface area contributed by atoms with E-state index in [4.69, 9.17) is 0 Å². The first-order chi connectivity index (χ1) is 9.58. The normalized spacial score (nSPS) is 33.0. The molecular weight excluding hydrogens is 252 g/mol. The first kappa shape index (κ1) is 13.2. The molecule has 2 amide bonds. The fourth-order valence-electron chi connectivity index (χ4n) is 2.85. The molecule has 2 aliphatic rings. The van der Waals surface area contributed by atoms with Crippen molar-refractivity contribution in [1.82, 2.24) is 10.2 Å². The number of carbonyl (C=O) groups excluding carboxylic acids is 2. The molecule has 0 bridgehead atoms. The minimum absolute atomic E-state index is 0.0161. The van der Waals surface area contributed by atoms with E-state index >= 15 is 0 Å². The molecule has 1 aromatic carbocycles. The Bertz CT molecular complexity index is 529. The van der Waals surface area contributed by atoms with Gasteiger partial charge in [-0.25, -0.2) is 0 Å². The second-order valence-corrected chi connectivity index (χ2v) is 5.99. The summed E-state index contributed by atoms with van der Waals surface area (Å²) in [5, 5.41) is 2.84. The van der Waals surface area contributed by atoms with E-state index in [1.54, 1.807) is 4.90 Å². The summed E-state index contributed by atoms with van der Waals surface area (Å²) in [6.07, 6.45) is 1.16. The van der Waals surface area contributed by atoms with E-state index in [2.05, 4.69) is 12.2 Å². The van der Waals surface area contributed by atoms with Crippen LogP contribution in [0.1, 0.15) is 31.9 Å². The number of hydrogen-bond acceptors (Lipinski definition) is 2. The second kappa shape index (κ2) is 4.93. The summed E-state index contributed by atoms with van der Waals surface area (Å²) in [5.74, 6) is 1.19. The highest BCUT2D eigenvalue weighted by Crippen LogP contribution is 2.39. The number of carbonyl (C=O) groups is 2. The van der Waals surface area contributed by atoms with E-state index in [0.717, 1.165) is 12.0 Å². The van der Waals surface area contributed by atoms with E-state index in [1.807, 2.05) is 37.3 Å². The van der Waals surface area contributed by atoms with Crippen molar-refractivity contribution >= 4 is 11.8 Å². The van der Waals surface area contributed by atoms with Gasteiger partial charge in [0.2, 0.25) is 11.8 Å². The van der Waals surface area contributed by atoms with Crippen LogP contribution in [0.3, 0.4) is 0 Å². The van der Waals surface area contributed by atoms with E-state index in [9.17, 15) is 9.59 Å². The van der Waals surface area contributed by atoms with Gasteiger partial charge in [0.15, 0.2) is 0 Å². The fraction of sp³-hybridized carbons (Fsp3) is 0.500. The van der Waals surface area contributed by atoms with Gasteiger partial charge in [0.1, 0.15) is 12.1 Å². The van der Waals surface area contributed by atoms with Crippen LogP contribution in [0.25, 0.3) is 0 Å². The molecule has 4 heteroatoms. The Kier molecular flexibility index (Phi) is 3.24. The summed E-state index contributed by atoms with van der Waals surface area (Å²) in [7, 11) is 0. The molecule has 1 aliphatic carbocycles. The fourth-order valence-corrected chi connectivity index (χ4v) is 2.85. The van der Waals surface area contributed by atoms with Gasteiger partial charge in [0.25, 0.3) is 0 Å². The van der Waals surface area contributed by atoms with E-state index in [0.29, 0.717) is 18.4 Å². The Morgan fingerprint density at radius 1 is 1.20 bits per heavy atom. The van der Waals surface area contributed by atoms with Gasteiger partial charge in [0, 0.05) is 6.54 Å². The maximum absolute atomic E-state index is 12.7. The highest BCUT2D eigenvalue weighted by atomic mass is 16.2. The zero-order valence-corrected chi connectivity index (χ0v) is 11.9. The molecule has 1 heterocycles. The standard InChI is InChI=1S/C16H20N2O2/c1-10-8-13(10)9-18-11(2)15(19)17-14(16(18)20)12-6-4-3-5-7-12/h3-7,10-11,13-14H,8-9H2,1-2H3,(H,17,19). The lowest BCUT2D eigenvalue weighted by molar-refractivity contribution is -0.149. The average Bonchev–Trinajstić information content (AvgIpc) is 3.15. The number of hydrogen-bond donors (Lipinski definition) is 1. The lowest BCUT2D eigenvalue weighted by Crippen LogP contribution is -2.58. The minimum atomic E-state index is -0.533. The summed E-state index contributed by atoms with van der Waals surface area (Å²) in [5.41, 5.74) is 0.853. The van der Waals surface area contributed by atoms with Crippen LogP contribution in [0.15, 0.2) is 30.3 Å². The predicted molar refractivity (Wildman–Crippen MR) is 75.8 cm³/mol. The van der Waals surface area contributed by atoms with Crippen molar-refractivity contribution in [2.24, 2.45) is 11.8 Å². The number of piperazine rings is 1. The van der Waals surface area contributed by atoms with Crippen molar-refractivity contribution < 1.29 is 9.59 Å². The zero-order valence-electron chi connectivity index (χ0n) is 11.9. The first-order valence-electron chi connectivity index (χ1n) is 7.23. The van der Waals surface area contributed by atoms with Crippen LogP contribution < -0.4 is 5.32 Å². The van der Waals surface area contributed by atoms with E-state index < -0.39 is 6.04 Å². The van der Waals surface area contributed by atoms with Crippen molar-refractivity contribution in [3.63, 3.8) is 0 Å². The molecule has 1 N–H and O–H groups in total. The molecule has 2 fully saturated rings. The van der Waals surface area contributed by atoms with Gasteiger partial charge >= 0.3 is 0 Å². The molecule has 0 radical (unpaired) electrons. The van der Waals surface area contributed by atoms with Crippen LogP contribution in [-0.4, -0.2) is 29.3 Å². The molecule has 1 aliphatic heterocycles. The Morgan fingerprint density at radius 2 is 1.85 bits per heavy atom. The first-order valence-corrected chi connectivity index (χ1v) is 7.23. The molecule has 0 aromatic heterocycles. The largest absolute Gasteiger partial charge is 0.339 e.